The fraction of sp³-hybridized carbons (Fsp3) is 0.308. The van der Waals surface area contributed by atoms with Crippen molar-refractivity contribution in [1.82, 2.24) is 4.90 Å². The molecule has 1 unspecified atom stereocenters. The van der Waals surface area contributed by atoms with Crippen LogP contribution in [0.4, 0.5) is 5.69 Å². The van der Waals surface area contributed by atoms with Crippen LogP contribution < -0.4 is 5.32 Å². The van der Waals surface area contributed by atoms with E-state index in [0.717, 1.165) is 4.90 Å². The maximum atomic E-state index is 11.9. The minimum Gasteiger partial charge on any atom is -0.373 e. The molecular formula is C13H12ClN3O2. The van der Waals surface area contributed by atoms with Gasteiger partial charge in [0.1, 0.15) is 12.1 Å². The van der Waals surface area contributed by atoms with E-state index in [1.807, 2.05) is 6.07 Å². The summed E-state index contributed by atoms with van der Waals surface area (Å²) in [6.07, 6.45) is 0.741. The number of hydrogen-bond acceptors (Lipinski definition) is 4. The number of piperidine rings is 1. The third kappa shape index (κ3) is 2.69. The number of carbonyl (C=O) groups is 2. The molecule has 6 heteroatoms. The average molecular weight is 278 g/mol. The molecule has 1 N–H and O–H groups in total. The van der Waals surface area contributed by atoms with Crippen molar-refractivity contribution in [3.63, 3.8) is 0 Å². The molecule has 98 valence electrons. The Balaban J connectivity index is 2.20. The van der Waals surface area contributed by atoms with E-state index < -0.39 is 6.04 Å². The first kappa shape index (κ1) is 13.4. The van der Waals surface area contributed by atoms with Gasteiger partial charge in [0.2, 0.25) is 5.91 Å². The maximum Gasteiger partial charge on any atom is 0.251 e. The molecule has 1 aromatic carbocycles. The van der Waals surface area contributed by atoms with E-state index in [1.165, 1.54) is 13.1 Å². The van der Waals surface area contributed by atoms with Crippen LogP contribution in [0.5, 0.6) is 0 Å². The predicted molar refractivity (Wildman–Crippen MR) is 70.6 cm³/mol. The zero-order valence-corrected chi connectivity index (χ0v) is 11.1. The van der Waals surface area contributed by atoms with Crippen molar-refractivity contribution in [1.29, 1.82) is 5.26 Å². The number of likely N-dealkylation sites (N-methyl/N-ethyl adjacent to an activating group) is 1. The molecule has 0 aliphatic carbocycles. The highest BCUT2D eigenvalue weighted by Gasteiger charge is 2.31. The molecule has 2 amide bonds. The maximum absolute atomic E-state index is 11.9. The van der Waals surface area contributed by atoms with E-state index in [1.54, 1.807) is 12.1 Å². The Bertz CT molecular complexity index is 580. The number of likely N-dealkylation sites (tertiary alicyclic amines) is 1. The third-order valence-electron chi connectivity index (χ3n) is 3.08. The SMILES string of the molecule is CN1C(=O)CCC(Nc2ccc(Cl)cc2C#N)C1=O. The van der Waals surface area contributed by atoms with E-state index >= 15 is 0 Å². The van der Waals surface area contributed by atoms with Crippen LogP contribution in [0.15, 0.2) is 18.2 Å². The van der Waals surface area contributed by atoms with Gasteiger partial charge < -0.3 is 5.32 Å². The highest BCUT2D eigenvalue weighted by molar-refractivity contribution is 6.30. The van der Waals surface area contributed by atoms with Crippen molar-refractivity contribution in [3.05, 3.63) is 28.8 Å². The average Bonchev–Trinajstić information content (AvgIpc) is 2.41. The lowest BCUT2D eigenvalue weighted by atomic mass is 10.0. The van der Waals surface area contributed by atoms with Gasteiger partial charge in [-0.2, -0.15) is 5.26 Å². The van der Waals surface area contributed by atoms with Crippen molar-refractivity contribution in [2.75, 3.05) is 12.4 Å². The molecule has 2 rings (SSSR count). The molecule has 1 aromatic rings. The third-order valence-corrected chi connectivity index (χ3v) is 3.32. The normalized spacial score (nSPS) is 19.2. The number of imide groups is 1. The van der Waals surface area contributed by atoms with E-state index in [4.69, 9.17) is 16.9 Å². The Hall–Kier alpha value is -2.06. The van der Waals surface area contributed by atoms with Crippen LogP contribution in [-0.2, 0) is 9.59 Å². The van der Waals surface area contributed by atoms with Crippen LogP contribution in [0, 0.1) is 11.3 Å². The highest BCUT2D eigenvalue weighted by atomic mass is 35.5. The number of rotatable bonds is 2. The van der Waals surface area contributed by atoms with E-state index in [0.29, 0.717) is 29.1 Å². The Morgan fingerprint density at radius 2 is 2.21 bits per heavy atom. The first-order valence-electron chi connectivity index (χ1n) is 5.79. The summed E-state index contributed by atoms with van der Waals surface area (Å²) in [5, 5.41) is 12.5. The van der Waals surface area contributed by atoms with Gasteiger partial charge in [0, 0.05) is 18.5 Å². The van der Waals surface area contributed by atoms with Gasteiger partial charge in [0.25, 0.3) is 5.91 Å². The van der Waals surface area contributed by atoms with Gasteiger partial charge in [-0.3, -0.25) is 14.5 Å². The van der Waals surface area contributed by atoms with Gasteiger partial charge >= 0.3 is 0 Å². The topological polar surface area (TPSA) is 73.2 Å². The summed E-state index contributed by atoms with van der Waals surface area (Å²) in [4.78, 5) is 24.4. The largest absolute Gasteiger partial charge is 0.373 e. The lowest BCUT2D eigenvalue weighted by Gasteiger charge is -2.29. The molecular weight excluding hydrogens is 266 g/mol. The molecule has 0 bridgehead atoms. The van der Waals surface area contributed by atoms with E-state index in [2.05, 4.69) is 5.32 Å². The molecule has 1 fully saturated rings. The van der Waals surface area contributed by atoms with Crippen molar-refractivity contribution in [2.24, 2.45) is 0 Å². The summed E-state index contributed by atoms with van der Waals surface area (Å²) in [5.74, 6) is -0.463. The molecule has 1 aliphatic heterocycles. The summed E-state index contributed by atoms with van der Waals surface area (Å²) in [6.45, 7) is 0. The summed E-state index contributed by atoms with van der Waals surface area (Å²) >= 11 is 5.81. The Morgan fingerprint density at radius 3 is 2.89 bits per heavy atom. The predicted octanol–water partition coefficient (Wildman–Crippen LogP) is 1.77. The number of carbonyl (C=O) groups excluding carboxylic acids is 2. The van der Waals surface area contributed by atoms with Gasteiger partial charge in [0.05, 0.1) is 11.3 Å². The summed E-state index contributed by atoms with van der Waals surface area (Å²) < 4.78 is 0. The molecule has 0 saturated carbocycles. The van der Waals surface area contributed by atoms with Crippen LogP contribution >= 0.6 is 11.6 Å². The standard InChI is InChI=1S/C13H12ClN3O2/c1-17-12(18)5-4-11(13(17)19)16-10-3-2-9(14)6-8(10)7-15/h2-3,6,11,16H,4-5H2,1H3. The fourth-order valence-corrected chi connectivity index (χ4v) is 2.14. The van der Waals surface area contributed by atoms with E-state index in [-0.39, 0.29) is 11.8 Å². The molecule has 0 spiro atoms. The second kappa shape index (κ2) is 5.29. The lowest BCUT2D eigenvalue weighted by molar-refractivity contribution is -0.146. The molecule has 0 aromatic heterocycles. The van der Waals surface area contributed by atoms with Crippen molar-refractivity contribution < 1.29 is 9.59 Å². The molecule has 1 heterocycles. The molecule has 1 saturated heterocycles. The highest BCUT2D eigenvalue weighted by Crippen LogP contribution is 2.23. The monoisotopic (exact) mass is 277 g/mol. The second-order valence-electron chi connectivity index (χ2n) is 4.33. The lowest BCUT2D eigenvalue weighted by Crippen LogP contribution is -2.48. The summed E-state index contributed by atoms with van der Waals surface area (Å²) in [7, 11) is 1.46. The van der Waals surface area contributed by atoms with Gasteiger partial charge in [-0.1, -0.05) is 11.6 Å². The number of halogens is 1. The van der Waals surface area contributed by atoms with Crippen LogP contribution in [0.1, 0.15) is 18.4 Å². The van der Waals surface area contributed by atoms with Crippen molar-refractivity contribution in [2.45, 2.75) is 18.9 Å². The molecule has 5 nitrogen and oxygen atoms in total. The van der Waals surface area contributed by atoms with Crippen LogP contribution in [0.25, 0.3) is 0 Å². The van der Waals surface area contributed by atoms with Crippen LogP contribution in [-0.4, -0.2) is 29.8 Å². The Kier molecular flexibility index (Phi) is 3.72. The van der Waals surface area contributed by atoms with Gasteiger partial charge in [-0.15, -0.1) is 0 Å². The zero-order valence-electron chi connectivity index (χ0n) is 10.3. The fourth-order valence-electron chi connectivity index (χ4n) is 1.97. The number of nitrogens with one attached hydrogen (secondary N) is 1. The summed E-state index contributed by atoms with van der Waals surface area (Å²) in [5.41, 5.74) is 0.924. The number of amides is 2. The van der Waals surface area contributed by atoms with Crippen LogP contribution in [0.2, 0.25) is 5.02 Å². The molecule has 0 radical (unpaired) electrons. The number of benzene rings is 1. The van der Waals surface area contributed by atoms with Gasteiger partial charge in [-0.25, -0.2) is 0 Å². The molecule has 1 atom stereocenters. The molecule has 19 heavy (non-hydrogen) atoms. The minimum absolute atomic E-state index is 0.181. The summed E-state index contributed by atoms with van der Waals surface area (Å²) in [6, 6.07) is 6.37. The van der Waals surface area contributed by atoms with Crippen LogP contribution in [0.3, 0.4) is 0 Å². The quantitative estimate of drug-likeness (QED) is 0.836. The minimum atomic E-state index is -0.490. The zero-order chi connectivity index (χ0) is 14.0. The number of nitrogens with zero attached hydrogens (tertiary/aromatic N) is 2. The first-order chi connectivity index (χ1) is 9.02. The van der Waals surface area contributed by atoms with E-state index in [9.17, 15) is 9.59 Å². The smallest absolute Gasteiger partial charge is 0.251 e. The Morgan fingerprint density at radius 1 is 1.47 bits per heavy atom. The number of nitriles is 1. The number of hydrogen-bond donors (Lipinski definition) is 1. The first-order valence-corrected chi connectivity index (χ1v) is 6.17. The molecule has 1 aliphatic rings. The van der Waals surface area contributed by atoms with Crippen molar-refractivity contribution in [3.8, 4) is 6.07 Å². The van der Waals surface area contributed by atoms with Gasteiger partial charge in [-0.05, 0) is 24.6 Å². The van der Waals surface area contributed by atoms with Crippen molar-refractivity contribution >= 4 is 29.1 Å². The number of anilines is 1. The Labute approximate surface area is 115 Å². The van der Waals surface area contributed by atoms with Gasteiger partial charge in [0.15, 0.2) is 0 Å². The second-order valence-corrected chi connectivity index (χ2v) is 4.76.